The minimum absolute atomic E-state index is 0.219. The third-order valence-electron chi connectivity index (χ3n) is 1.45. The van der Waals surface area contributed by atoms with Crippen LogP contribution in [0.4, 0.5) is 5.00 Å². The van der Waals surface area contributed by atoms with E-state index in [0.717, 1.165) is 6.54 Å². The van der Waals surface area contributed by atoms with Crippen molar-refractivity contribution in [3.05, 3.63) is 17.0 Å². The standard InChI is InChI=1S/C8H14N2S/c1-6-3-4-11-8(6)10-5-7(2)9/h3-4,7,10H,5,9H2,1-2H3. The second-order valence-electron chi connectivity index (χ2n) is 2.79. The van der Waals surface area contributed by atoms with Crippen LogP contribution in [0.2, 0.25) is 0 Å². The second kappa shape index (κ2) is 3.74. The molecule has 0 aliphatic carbocycles. The van der Waals surface area contributed by atoms with Gasteiger partial charge in [0.15, 0.2) is 0 Å². The summed E-state index contributed by atoms with van der Waals surface area (Å²) in [6.45, 7) is 4.94. The van der Waals surface area contributed by atoms with Crippen LogP contribution in [-0.4, -0.2) is 12.6 Å². The highest BCUT2D eigenvalue weighted by atomic mass is 32.1. The Morgan fingerprint density at radius 1 is 1.73 bits per heavy atom. The predicted octanol–water partition coefficient (Wildman–Crippen LogP) is 1.82. The molecular formula is C8H14N2S. The van der Waals surface area contributed by atoms with Crippen LogP contribution >= 0.6 is 11.3 Å². The molecule has 1 heterocycles. The lowest BCUT2D eigenvalue weighted by molar-refractivity contribution is 0.781. The molecule has 3 heteroatoms. The van der Waals surface area contributed by atoms with Crippen molar-refractivity contribution in [3.63, 3.8) is 0 Å². The van der Waals surface area contributed by atoms with E-state index in [0.29, 0.717) is 0 Å². The van der Waals surface area contributed by atoms with Crippen LogP contribution in [0.25, 0.3) is 0 Å². The summed E-state index contributed by atoms with van der Waals surface area (Å²) in [6.07, 6.45) is 0. The highest BCUT2D eigenvalue weighted by Gasteiger charge is 1.98. The van der Waals surface area contributed by atoms with Gasteiger partial charge >= 0.3 is 0 Å². The van der Waals surface area contributed by atoms with E-state index in [2.05, 4.69) is 23.7 Å². The van der Waals surface area contributed by atoms with Crippen LogP contribution in [0, 0.1) is 6.92 Å². The Morgan fingerprint density at radius 3 is 2.91 bits per heavy atom. The normalized spacial score (nSPS) is 13.0. The number of anilines is 1. The maximum absolute atomic E-state index is 5.60. The first-order chi connectivity index (χ1) is 5.20. The lowest BCUT2D eigenvalue weighted by Crippen LogP contribution is -2.24. The van der Waals surface area contributed by atoms with Crippen molar-refractivity contribution in [1.82, 2.24) is 0 Å². The predicted molar refractivity (Wildman–Crippen MR) is 51.2 cm³/mol. The Labute approximate surface area is 71.4 Å². The zero-order valence-electron chi connectivity index (χ0n) is 6.92. The highest BCUT2D eigenvalue weighted by Crippen LogP contribution is 2.21. The zero-order chi connectivity index (χ0) is 8.27. The number of nitrogens with one attached hydrogen (secondary N) is 1. The van der Waals surface area contributed by atoms with Crippen molar-refractivity contribution in [2.75, 3.05) is 11.9 Å². The lowest BCUT2D eigenvalue weighted by atomic mass is 10.3. The van der Waals surface area contributed by atoms with Crippen LogP contribution in [0.15, 0.2) is 11.4 Å². The molecule has 1 rings (SSSR count). The minimum atomic E-state index is 0.219. The maximum Gasteiger partial charge on any atom is 0.0912 e. The lowest BCUT2D eigenvalue weighted by Gasteiger charge is -2.07. The van der Waals surface area contributed by atoms with E-state index in [1.165, 1.54) is 10.6 Å². The maximum atomic E-state index is 5.60. The number of hydrogen-bond acceptors (Lipinski definition) is 3. The van der Waals surface area contributed by atoms with Crippen LogP contribution in [-0.2, 0) is 0 Å². The molecule has 1 aromatic rings. The first-order valence-corrected chi connectivity index (χ1v) is 4.61. The number of aryl methyl sites for hydroxylation is 1. The largest absolute Gasteiger partial charge is 0.375 e. The molecule has 1 aromatic heterocycles. The summed E-state index contributed by atoms with van der Waals surface area (Å²) in [6, 6.07) is 2.32. The minimum Gasteiger partial charge on any atom is -0.375 e. The number of hydrogen-bond donors (Lipinski definition) is 2. The van der Waals surface area contributed by atoms with Gasteiger partial charge in [0.25, 0.3) is 0 Å². The average molecular weight is 170 g/mol. The zero-order valence-corrected chi connectivity index (χ0v) is 7.74. The number of rotatable bonds is 3. The third-order valence-corrected chi connectivity index (χ3v) is 2.42. The summed E-state index contributed by atoms with van der Waals surface area (Å²) in [7, 11) is 0. The Hall–Kier alpha value is -0.540. The van der Waals surface area contributed by atoms with Gasteiger partial charge in [0, 0.05) is 12.6 Å². The molecule has 0 radical (unpaired) electrons. The van der Waals surface area contributed by atoms with Gasteiger partial charge in [-0.25, -0.2) is 0 Å². The van der Waals surface area contributed by atoms with Gasteiger partial charge < -0.3 is 11.1 Å². The molecule has 0 aliphatic heterocycles. The SMILES string of the molecule is Cc1ccsc1NCC(C)N. The van der Waals surface area contributed by atoms with Crippen molar-refractivity contribution in [2.45, 2.75) is 19.9 Å². The molecule has 0 saturated carbocycles. The van der Waals surface area contributed by atoms with Gasteiger partial charge in [-0.05, 0) is 30.9 Å². The second-order valence-corrected chi connectivity index (χ2v) is 3.71. The fourth-order valence-corrected chi connectivity index (χ4v) is 1.64. The molecule has 11 heavy (non-hydrogen) atoms. The molecule has 0 fully saturated rings. The fourth-order valence-electron chi connectivity index (χ4n) is 0.808. The van der Waals surface area contributed by atoms with Gasteiger partial charge in [0.05, 0.1) is 5.00 Å². The van der Waals surface area contributed by atoms with Crippen molar-refractivity contribution < 1.29 is 0 Å². The summed E-state index contributed by atoms with van der Waals surface area (Å²) in [5.41, 5.74) is 6.90. The van der Waals surface area contributed by atoms with Crippen molar-refractivity contribution in [3.8, 4) is 0 Å². The quantitative estimate of drug-likeness (QED) is 0.726. The van der Waals surface area contributed by atoms with Crippen molar-refractivity contribution in [2.24, 2.45) is 5.73 Å². The molecule has 2 nitrogen and oxygen atoms in total. The van der Waals surface area contributed by atoms with E-state index >= 15 is 0 Å². The Morgan fingerprint density at radius 2 is 2.45 bits per heavy atom. The molecule has 0 saturated heterocycles. The smallest absolute Gasteiger partial charge is 0.0912 e. The molecule has 0 aliphatic rings. The molecule has 0 bridgehead atoms. The van der Waals surface area contributed by atoms with Crippen LogP contribution in [0.5, 0.6) is 0 Å². The number of nitrogens with two attached hydrogens (primary N) is 1. The van der Waals surface area contributed by atoms with Crippen LogP contribution < -0.4 is 11.1 Å². The van der Waals surface area contributed by atoms with Gasteiger partial charge in [-0.2, -0.15) is 0 Å². The molecular weight excluding hydrogens is 156 g/mol. The molecule has 0 aromatic carbocycles. The van der Waals surface area contributed by atoms with Gasteiger partial charge in [-0.1, -0.05) is 0 Å². The number of thiophene rings is 1. The fraction of sp³-hybridized carbons (Fsp3) is 0.500. The summed E-state index contributed by atoms with van der Waals surface area (Å²) < 4.78 is 0. The van der Waals surface area contributed by atoms with Crippen LogP contribution in [0.1, 0.15) is 12.5 Å². The van der Waals surface area contributed by atoms with E-state index in [4.69, 9.17) is 5.73 Å². The van der Waals surface area contributed by atoms with E-state index < -0.39 is 0 Å². The Kier molecular flexibility index (Phi) is 2.91. The summed E-state index contributed by atoms with van der Waals surface area (Å²) >= 11 is 1.72. The third kappa shape index (κ3) is 2.52. The van der Waals surface area contributed by atoms with E-state index in [1.807, 2.05) is 6.92 Å². The van der Waals surface area contributed by atoms with E-state index in [1.54, 1.807) is 11.3 Å². The molecule has 62 valence electrons. The first-order valence-electron chi connectivity index (χ1n) is 3.73. The molecule has 1 unspecified atom stereocenters. The van der Waals surface area contributed by atoms with Crippen molar-refractivity contribution in [1.29, 1.82) is 0 Å². The van der Waals surface area contributed by atoms with E-state index in [9.17, 15) is 0 Å². The average Bonchev–Trinajstić information content (AvgIpc) is 2.31. The van der Waals surface area contributed by atoms with Gasteiger partial charge in [0.2, 0.25) is 0 Å². The van der Waals surface area contributed by atoms with Gasteiger partial charge in [0.1, 0.15) is 0 Å². The van der Waals surface area contributed by atoms with E-state index in [-0.39, 0.29) is 6.04 Å². The summed E-state index contributed by atoms with van der Waals surface area (Å²) in [5.74, 6) is 0. The van der Waals surface area contributed by atoms with Gasteiger partial charge in [-0.15, -0.1) is 11.3 Å². The Balaban J connectivity index is 2.44. The van der Waals surface area contributed by atoms with Gasteiger partial charge in [-0.3, -0.25) is 0 Å². The molecule has 1 atom stereocenters. The topological polar surface area (TPSA) is 38.0 Å². The molecule has 3 N–H and O–H groups in total. The summed E-state index contributed by atoms with van der Waals surface area (Å²) in [5, 5.41) is 6.61. The monoisotopic (exact) mass is 170 g/mol. The van der Waals surface area contributed by atoms with Crippen molar-refractivity contribution >= 4 is 16.3 Å². The molecule has 0 amide bonds. The summed E-state index contributed by atoms with van der Waals surface area (Å²) in [4.78, 5) is 0. The Bertz CT molecular complexity index is 218. The molecule has 0 spiro atoms. The highest BCUT2D eigenvalue weighted by molar-refractivity contribution is 7.14. The van der Waals surface area contributed by atoms with Crippen LogP contribution in [0.3, 0.4) is 0 Å². The first kappa shape index (κ1) is 8.56.